The summed E-state index contributed by atoms with van der Waals surface area (Å²) in [6.07, 6.45) is 1.64. The lowest BCUT2D eigenvalue weighted by Crippen LogP contribution is -2.51. The van der Waals surface area contributed by atoms with Crippen LogP contribution in [0.25, 0.3) is 0 Å². The van der Waals surface area contributed by atoms with Crippen LogP contribution in [0.1, 0.15) is 33.6 Å². The third-order valence-corrected chi connectivity index (χ3v) is 4.48. The van der Waals surface area contributed by atoms with Crippen molar-refractivity contribution in [2.75, 3.05) is 6.54 Å². The molecule has 0 aromatic heterocycles. The van der Waals surface area contributed by atoms with Crippen LogP contribution in [0, 0.1) is 5.92 Å². The van der Waals surface area contributed by atoms with Crippen molar-refractivity contribution in [1.82, 2.24) is 4.90 Å². The summed E-state index contributed by atoms with van der Waals surface area (Å²) in [7, 11) is -5.69. The van der Waals surface area contributed by atoms with Crippen LogP contribution in [-0.2, 0) is 19.0 Å². The number of amides is 1. The molecule has 6 nitrogen and oxygen atoms in total. The van der Waals surface area contributed by atoms with Crippen molar-refractivity contribution in [3.8, 4) is 0 Å². The molecular weight excluding hydrogens is 339 g/mol. The third kappa shape index (κ3) is 3.91. The molecule has 0 N–H and O–H groups in total. The molecule has 0 spiro atoms. The maximum absolute atomic E-state index is 12.4. The van der Waals surface area contributed by atoms with E-state index in [1.807, 2.05) is 0 Å². The van der Waals surface area contributed by atoms with Crippen LogP contribution in [0.15, 0.2) is 11.8 Å². The summed E-state index contributed by atoms with van der Waals surface area (Å²) in [5.41, 5.74) is -6.17. The summed E-state index contributed by atoms with van der Waals surface area (Å²) in [6.45, 7) is 5.17. The first-order valence-electron chi connectivity index (χ1n) is 7.02. The fraction of sp³-hybridized carbons (Fsp3) is 0.769. The molecule has 2 unspecified atom stereocenters. The molecular formula is C13H18F3NO5S. The van der Waals surface area contributed by atoms with E-state index in [0.717, 1.165) is 0 Å². The zero-order valence-electron chi connectivity index (χ0n) is 12.9. The average molecular weight is 357 g/mol. The van der Waals surface area contributed by atoms with Crippen molar-refractivity contribution in [1.29, 1.82) is 0 Å². The molecule has 10 heteroatoms. The highest BCUT2D eigenvalue weighted by molar-refractivity contribution is 7.87. The van der Waals surface area contributed by atoms with Gasteiger partial charge in [0, 0.05) is 12.5 Å². The molecule has 2 atom stereocenters. The Morgan fingerprint density at radius 3 is 2.30 bits per heavy atom. The number of hydrogen-bond acceptors (Lipinski definition) is 5. The monoisotopic (exact) mass is 357 g/mol. The summed E-state index contributed by atoms with van der Waals surface area (Å²) in [5, 5.41) is 0. The molecule has 3 rings (SSSR count). The van der Waals surface area contributed by atoms with Gasteiger partial charge in [-0.15, -0.1) is 0 Å². The van der Waals surface area contributed by atoms with Crippen LogP contribution < -0.4 is 0 Å². The van der Waals surface area contributed by atoms with E-state index in [0.29, 0.717) is 12.8 Å². The topological polar surface area (TPSA) is 72.9 Å². The first-order valence-corrected chi connectivity index (χ1v) is 8.43. The molecule has 3 aliphatic rings. The number of nitrogens with zero attached hydrogens (tertiary/aromatic N) is 1. The summed E-state index contributed by atoms with van der Waals surface area (Å²) in [4.78, 5) is 13.5. The van der Waals surface area contributed by atoms with E-state index in [1.54, 1.807) is 20.8 Å². The zero-order valence-corrected chi connectivity index (χ0v) is 13.7. The van der Waals surface area contributed by atoms with Crippen LogP contribution in [0.3, 0.4) is 0 Å². The molecule has 23 heavy (non-hydrogen) atoms. The number of carbonyl (C=O) groups is 1. The van der Waals surface area contributed by atoms with Crippen LogP contribution in [-0.4, -0.2) is 43.1 Å². The van der Waals surface area contributed by atoms with Crippen LogP contribution >= 0.6 is 0 Å². The molecule has 2 heterocycles. The normalized spacial score (nSPS) is 25.1. The predicted octanol–water partition coefficient (Wildman–Crippen LogP) is 2.77. The Morgan fingerprint density at radius 2 is 1.87 bits per heavy atom. The summed E-state index contributed by atoms with van der Waals surface area (Å²) in [5.74, 6) is -0.844. The molecule has 1 aliphatic carbocycles. The number of fused-ring (bicyclic) bond motifs is 2. The van der Waals surface area contributed by atoms with Gasteiger partial charge in [0.05, 0.1) is 6.04 Å². The van der Waals surface area contributed by atoms with Gasteiger partial charge in [-0.2, -0.15) is 21.6 Å². The largest absolute Gasteiger partial charge is 0.534 e. The van der Waals surface area contributed by atoms with E-state index in [9.17, 15) is 26.4 Å². The molecule has 1 amide bonds. The average Bonchev–Trinajstić information content (AvgIpc) is 2.35. The summed E-state index contributed by atoms with van der Waals surface area (Å²) < 4.78 is 68.9. The van der Waals surface area contributed by atoms with Crippen LogP contribution in [0.4, 0.5) is 18.0 Å². The van der Waals surface area contributed by atoms with E-state index in [-0.39, 0.29) is 12.3 Å². The second-order valence-electron chi connectivity index (χ2n) is 6.53. The lowest BCUT2D eigenvalue weighted by atomic mass is 9.85. The number of alkyl halides is 3. The molecule has 0 radical (unpaired) electrons. The summed E-state index contributed by atoms with van der Waals surface area (Å²) >= 11 is 0. The summed E-state index contributed by atoms with van der Waals surface area (Å²) in [6, 6.07) is -0.534. The molecule has 1 saturated heterocycles. The van der Waals surface area contributed by atoms with Gasteiger partial charge in [0.2, 0.25) is 0 Å². The quantitative estimate of drug-likeness (QED) is 0.561. The van der Waals surface area contributed by atoms with Crippen molar-refractivity contribution in [3.05, 3.63) is 11.8 Å². The van der Waals surface area contributed by atoms with Crippen LogP contribution in [0.2, 0.25) is 0 Å². The van der Waals surface area contributed by atoms with Crippen molar-refractivity contribution in [3.63, 3.8) is 0 Å². The fourth-order valence-electron chi connectivity index (χ4n) is 2.52. The first kappa shape index (κ1) is 17.9. The van der Waals surface area contributed by atoms with Gasteiger partial charge in [-0.1, -0.05) is 0 Å². The maximum atomic E-state index is 12.4. The Hall–Kier alpha value is -1.45. The highest BCUT2D eigenvalue weighted by Crippen LogP contribution is 2.38. The molecule has 2 bridgehead atoms. The van der Waals surface area contributed by atoms with E-state index >= 15 is 0 Å². The third-order valence-electron chi connectivity index (χ3n) is 3.50. The van der Waals surface area contributed by atoms with Crippen molar-refractivity contribution >= 4 is 16.2 Å². The SMILES string of the molecule is CC(C)(C)OC(=O)N1CC2CCC1C=C2OS(=O)(=O)C(F)(F)F. The van der Waals surface area contributed by atoms with E-state index < -0.39 is 39.3 Å². The van der Waals surface area contributed by atoms with E-state index in [2.05, 4.69) is 4.18 Å². The van der Waals surface area contributed by atoms with Gasteiger partial charge in [-0.25, -0.2) is 4.79 Å². The van der Waals surface area contributed by atoms with E-state index in [4.69, 9.17) is 4.74 Å². The number of piperidine rings is 1. The standard InChI is InChI=1S/C13H18F3NO5S/c1-12(2,3)21-11(18)17-7-8-4-5-9(17)6-10(8)22-23(19,20)13(14,15)16/h6,8-9H,4-5,7H2,1-3H3. The zero-order chi connectivity index (χ0) is 17.6. The predicted molar refractivity (Wildman–Crippen MR) is 73.6 cm³/mol. The maximum Gasteiger partial charge on any atom is 0.534 e. The number of carbonyl (C=O) groups excluding carboxylic acids is 1. The molecule has 0 aromatic rings. The number of rotatable bonds is 2. The molecule has 1 fully saturated rings. The van der Waals surface area contributed by atoms with E-state index in [1.165, 1.54) is 11.0 Å². The lowest BCUT2D eigenvalue weighted by molar-refractivity contribution is -0.0538. The lowest BCUT2D eigenvalue weighted by Gasteiger charge is -2.43. The Labute approximate surface area is 132 Å². The van der Waals surface area contributed by atoms with Gasteiger partial charge < -0.3 is 13.8 Å². The molecule has 2 aliphatic heterocycles. The molecule has 0 saturated carbocycles. The van der Waals surface area contributed by atoms with Crippen molar-refractivity contribution < 1.29 is 35.3 Å². The molecule has 132 valence electrons. The Bertz CT molecular complexity index is 621. The van der Waals surface area contributed by atoms with Gasteiger partial charge in [0.1, 0.15) is 11.4 Å². The minimum absolute atomic E-state index is 0.0682. The Balaban J connectivity index is 2.14. The first-order chi connectivity index (χ1) is 10.3. The van der Waals surface area contributed by atoms with Gasteiger partial charge in [-0.05, 0) is 39.7 Å². The van der Waals surface area contributed by atoms with Gasteiger partial charge in [-0.3, -0.25) is 0 Å². The second-order valence-corrected chi connectivity index (χ2v) is 8.06. The minimum Gasteiger partial charge on any atom is -0.444 e. The number of halogens is 3. The van der Waals surface area contributed by atoms with Gasteiger partial charge >= 0.3 is 21.7 Å². The number of ether oxygens (including phenoxy) is 1. The van der Waals surface area contributed by atoms with Crippen molar-refractivity contribution in [2.24, 2.45) is 5.92 Å². The van der Waals surface area contributed by atoms with Crippen molar-refractivity contribution in [2.45, 2.75) is 50.8 Å². The smallest absolute Gasteiger partial charge is 0.444 e. The van der Waals surface area contributed by atoms with Crippen LogP contribution in [0.5, 0.6) is 0 Å². The fourth-order valence-corrected chi connectivity index (χ4v) is 3.06. The highest BCUT2D eigenvalue weighted by atomic mass is 32.2. The van der Waals surface area contributed by atoms with Gasteiger partial charge in [0.15, 0.2) is 0 Å². The highest BCUT2D eigenvalue weighted by Gasteiger charge is 2.51. The number of hydrogen-bond donors (Lipinski definition) is 0. The minimum atomic E-state index is -5.69. The Morgan fingerprint density at radius 1 is 1.26 bits per heavy atom. The Kier molecular flexibility index (Phi) is 4.33. The molecule has 0 aromatic carbocycles. The van der Waals surface area contributed by atoms with Gasteiger partial charge in [0.25, 0.3) is 0 Å². The second kappa shape index (κ2) is 5.57.